The molecule has 19 heavy (non-hydrogen) atoms. The molecule has 2 nitrogen and oxygen atoms in total. The predicted molar refractivity (Wildman–Crippen MR) is 84.8 cm³/mol. The van der Waals surface area contributed by atoms with Crippen molar-refractivity contribution in [3.63, 3.8) is 0 Å². The van der Waals surface area contributed by atoms with Gasteiger partial charge in [-0.15, -0.1) is 0 Å². The standard InChI is InChI=1S/C17H30N2/c1-5-18(6-2)13-14-19(7-3)15-16(4)17-11-9-8-10-12-17/h8-12,16H,5-7,13-15H2,1-4H3/t16-/m0/s1. The molecule has 0 aliphatic heterocycles. The molecule has 1 rings (SSSR count). The molecule has 0 amide bonds. The first-order valence-corrected chi connectivity index (χ1v) is 7.70. The smallest absolute Gasteiger partial charge is 0.0109 e. The van der Waals surface area contributed by atoms with E-state index in [1.807, 2.05) is 0 Å². The fourth-order valence-electron chi connectivity index (χ4n) is 2.48. The van der Waals surface area contributed by atoms with E-state index in [4.69, 9.17) is 0 Å². The second kappa shape index (κ2) is 9.11. The van der Waals surface area contributed by atoms with Gasteiger partial charge in [-0.05, 0) is 31.1 Å². The van der Waals surface area contributed by atoms with Crippen LogP contribution in [0.25, 0.3) is 0 Å². The van der Waals surface area contributed by atoms with Crippen molar-refractivity contribution in [3.8, 4) is 0 Å². The largest absolute Gasteiger partial charge is 0.303 e. The zero-order chi connectivity index (χ0) is 14.1. The third-order valence-corrected chi connectivity index (χ3v) is 3.97. The molecule has 0 N–H and O–H groups in total. The molecule has 0 unspecified atom stereocenters. The maximum Gasteiger partial charge on any atom is 0.0109 e. The van der Waals surface area contributed by atoms with Gasteiger partial charge >= 0.3 is 0 Å². The quantitative estimate of drug-likeness (QED) is 0.672. The molecule has 0 aliphatic carbocycles. The highest BCUT2D eigenvalue weighted by Gasteiger charge is 2.11. The van der Waals surface area contributed by atoms with Crippen molar-refractivity contribution in [2.75, 3.05) is 39.3 Å². The van der Waals surface area contributed by atoms with E-state index in [9.17, 15) is 0 Å². The van der Waals surface area contributed by atoms with Crippen LogP contribution in [0.4, 0.5) is 0 Å². The molecule has 1 atom stereocenters. The van der Waals surface area contributed by atoms with Gasteiger partial charge in [-0.2, -0.15) is 0 Å². The topological polar surface area (TPSA) is 6.48 Å². The van der Waals surface area contributed by atoms with Gasteiger partial charge in [-0.25, -0.2) is 0 Å². The fourth-order valence-corrected chi connectivity index (χ4v) is 2.48. The van der Waals surface area contributed by atoms with Gasteiger partial charge in [0.2, 0.25) is 0 Å². The molecule has 0 radical (unpaired) electrons. The number of hydrogen-bond acceptors (Lipinski definition) is 2. The Balaban J connectivity index is 2.43. The van der Waals surface area contributed by atoms with Crippen LogP contribution in [-0.2, 0) is 0 Å². The number of rotatable bonds is 9. The van der Waals surface area contributed by atoms with Crippen LogP contribution in [0.1, 0.15) is 39.2 Å². The fraction of sp³-hybridized carbons (Fsp3) is 0.647. The lowest BCUT2D eigenvalue weighted by Crippen LogP contribution is -2.36. The summed E-state index contributed by atoms with van der Waals surface area (Å²) in [7, 11) is 0. The zero-order valence-electron chi connectivity index (χ0n) is 13.1. The summed E-state index contributed by atoms with van der Waals surface area (Å²) in [5, 5.41) is 0. The van der Waals surface area contributed by atoms with Gasteiger partial charge in [0.1, 0.15) is 0 Å². The van der Waals surface area contributed by atoms with E-state index in [2.05, 4.69) is 67.8 Å². The second-order valence-corrected chi connectivity index (χ2v) is 5.23. The molecule has 0 saturated heterocycles. The van der Waals surface area contributed by atoms with E-state index in [1.165, 1.54) is 18.7 Å². The van der Waals surface area contributed by atoms with Crippen molar-refractivity contribution in [3.05, 3.63) is 35.9 Å². The zero-order valence-corrected chi connectivity index (χ0v) is 13.1. The monoisotopic (exact) mass is 262 g/mol. The Morgan fingerprint density at radius 3 is 1.89 bits per heavy atom. The van der Waals surface area contributed by atoms with E-state index in [0.29, 0.717) is 5.92 Å². The highest BCUT2D eigenvalue weighted by Crippen LogP contribution is 2.15. The molecule has 0 bridgehead atoms. The van der Waals surface area contributed by atoms with Crippen LogP contribution >= 0.6 is 0 Å². The van der Waals surface area contributed by atoms with E-state index >= 15 is 0 Å². The minimum Gasteiger partial charge on any atom is -0.303 e. The van der Waals surface area contributed by atoms with Gasteiger partial charge in [-0.1, -0.05) is 58.0 Å². The van der Waals surface area contributed by atoms with Gasteiger partial charge < -0.3 is 9.80 Å². The molecule has 0 spiro atoms. The molecule has 1 aromatic carbocycles. The maximum atomic E-state index is 2.57. The molecule has 0 aromatic heterocycles. The van der Waals surface area contributed by atoms with Crippen molar-refractivity contribution in [1.29, 1.82) is 0 Å². The Hall–Kier alpha value is -0.860. The first-order chi connectivity index (χ1) is 9.21. The summed E-state index contributed by atoms with van der Waals surface area (Å²) in [6.45, 7) is 16.0. The van der Waals surface area contributed by atoms with Gasteiger partial charge in [0.05, 0.1) is 0 Å². The van der Waals surface area contributed by atoms with Gasteiger partial charge in [0.25, 0.3) is 0 Å². The summed E-state index contributed by atoms with van der Waals surface area (Å²) in [4.78, 5) is 5.06. The average molecular weight is 262 g/mol. The van der Waals surface area contributed by atoms with Crippen molar-refractivity contribution >= 4 is 0 Å². The highest BCUT2D eigenvalue weighted by atomic mass is 15.2. The maximum absolute atomic E-state index is 2.57. The van der Waals surface area contributed by atoms with E-state index in [-0.39, 0.29) is 0 Å². The van der Waals surface area contributed by atoms with Gasteiger partial charge in [0.15, 0.2) is 0 Å². The lowest BCUT2D eigenvalue weighted by Gasteiger charge is -2.27. The van der Waals surface area contributed by atoms with Crippen molar-refractivity contribution in [1.82, 2.24) is 9.80 Å². The van der Waals surface area contributed by atoms with Crippen LogP contribution in [0.5, 0.6) is 0 Å². The highest BCUT2D eigenvalue weighted by molar-refractivity contribution is 5.18. The van der Waals surface area contributed by atoms with Crippen molar-refractivity contribution in [2.45, 2.75) is 33.6 Å². The lowest BCUT2D eigenvalue weighted by atomic mass is 10.0. The summed E-state index contributed by atoms with van der Waals surface area (Å²) < 4.78 is 0. The van der Waals surface area contributed by atoms with E-state index in [0.717, 1.165) is 26.2 Å². The average Bonchev–Trinajstić information content (AvgIpc) is 2.47. The normalized spacial score (nSPS) is 13.2. The molecular weight excluding hydrogens is 232 g/mol. The van der Waals surface area contributed by atoms with Crippen LogP contribution in [0.15, 0.2) is 30.3 Å². The molecule has 0 fully saturated rings. The molecule has 0 heterocycles. The van der Waals surface area contributed by atoms with Crippen molar-refractivity contribution in [2.24, 2.45) is 0 Å². The summed E-state index contributed by atoms with van der Waals surface area (Å²) in [5.74, 6) is 0.609. The Morgan fingerprint density at radius 2 is 1.37 bits per heavy atom. The van der Waals surface area contributed by atoms with Crippen LogP contribution < -0.4 is 0 Å². The minimum atomic E-state index is 0.609. The molecule has 0 saturated carbocycles. The molecule has 1 aromatic rings. The minimum absolute atomic E-state index is 0.609. The third kappa shape index (κ3) is 5.75. The van der Waals surface area contributed by atoms with E-state index < -0.39 is 0 Å². The number of nitrogens with zero attached hydrogens (tertiary/aromatic N) is 2. The van der Waals surface area contributed by atoms with Crippen LogP contribution in [0.2, 0.25) is 0 Å². The molecule has 108 valence electrons. The first kappa shape index (κ1) is 16.2. The van der Waals surface area contributed by atoms with Crippen molar-refractivity contribution < 1.29 is 0 Å². The Labute approximate surface area is 119 Å². The summed E-state index contributed by atoms with van der Waals surface area (Å²) in [6.07, 6.45) is 0. The summed E-state index contributed by atoms with van der Waals surface area (Å²) >= 11 is 0. The Morgan fingerprint density at radius 1 is 0.842 bits per heavy atom. The lowest BCUT2D eigenvalue weighted by molar-refractivity contribution is 0.214. The first-order valence-electron chi connectivity index (χ1n) is 7.70. The van der Waals surface area contributed by atoms with Crippen LogP contribution in [-0.4, -0.2) is 49.1 Å². The second-order valence-electron chi connectivity index (χ2n) is 5.23. The van der Waals surface area contributed by atoms with Gasteiger partial charge in [-0.3, -0.25) is 0 Å². The number of likely N-dealkylation sites (N-methyl/N-ethyl adjacent to an activating group) is 2. The number of hydrogen-bond donors (Lipinski definition) is 0. The number of benzene rings is 1. The van der Waals surface area contributed by atoms with E-state index in [1.54, 1.807) is 0 Å². The van der Waals surface area contributed by atoms with Gasteiger partial charge in [0, 0.05) is 19.6 Å². The molecule has 0 aliphatic rings. The summed E-state index contributed by atoms with van der Waals surface area (Å²) in [5.41, 5.74) is 1.45. The third-order valence-electron chi connectivity index (χ3n) is 3.97. The Kier molecular flexibility index (Phi) is 7.76. The molecule has 2 heteroatoms. The predicted octanol–water partition coefficient (Wildman–Crippen LogP) is 3.45. The Bertz CT molecular complexity index is 319. The molecular formula is C17H30N2. The van der Waals surface area contributed by atoms with Crippen LogP contribution in [0.3, 0.4) is 0 Å². The summed E-state index contributed by atoms with van der Waals surface area (Å²) in [6, 6.07) is 10.8. The van der Waals surface area contributed by atoms with Crippen LogP contribution in [0, 0.1) is 0 Å². The SMILES string of the molecule is CCN(CC)CCN(CC)C[C@H](C)c1ccccc1.